The molecule has 1 unspecified atom stereocenters. The molecule has 0 amide bonds. The van der Waals surface area contributed by atoms with Gasteiger partial charge in [0.15, 0.2) is 0 Å². The Hall–Kier alpha value is -0.900. The van der Waals surface area contributed by atoms with E-state index >= 15 is 0 Å². The third kappa shape index (κ3) is 3.22. The van der Waals surface area contributed by atoms with E-state index in [-0.39, 0.29) is 0 Å². The summed E-state index contributed by atoms with van der Waals surface area (Å²) in [6.07, 6.45) is 4.08. The van der Waals surface area contributed by atoms with Crippen LogP contribution in [0.1, 0.15) is 42.9 Å². The Labute approximate surface area is 121 Å². The predicted octanol–water partition coefficient (Wildman–Crippen LogP) is 2.58. The second kappa shape index (κ2) is 5.84. The zero-order valence-corrected chi connectivity index (χ0v) is 12.3. The van der Waals surface area contributed by atoms with Crippen LogP contribution in [0.2, 0.25) is 0 Å². The van der Waals surface area contributed by atoms with Crippen molar-refractivity contribution < 1.29 is 9.84 Å². The molecule has 1 atom stereocenters. The number of nitrogens with one attached hydrogen (secondary N) is 1. The van der Waals surface area contributed by atoms with Gasteiger partial charge >= 0.3 is 0 Å². The van der Waals surface area contributed by atoms with E-state index in [4.69, 9.17) is 4.74 Å². The molecule has 1 aliphatic carbocycles. The first-order valence-electron chi connectivity index (χ1n) is 7.77. The highest BCUT2D eigenvalue weighted by atomic mass is 16.5. The molecular formula is C17H25NO2. The standard InChI is InChI=1S/C17H25NO2/c1-13-4-2-3-5-15(13)16(14-6-7-14)18-12-17(19)8-10-20-11-9-17/h2-5,14,16,18-19H,6-12H2,1H3. The van der Waals surface area contributed by atoms with Crippen molar-refractivity contribution in [1.29, 1.82) is 0 Å². The van der Waals surface area contributed by atoms with E-state index in [1.807, 2.05) is 0 Å². The Morgan fingerprint density at radius 3 is 2.65 bits per heavy atom. The van der Waals surface area contributed by atoms with Gasteiger partial charge in [0, 0.05) is 38.6 Å². The minimum absolute atomic E-state index is 0.392. The molecule has 20 heavy (non-hydrogen) atoms. The molecule has 1 aromatic rings. The maximum Gasteiger partial charge on any atom is 0.0815 e. The summed E-state index contributed by atoms with van der Waals surface area (Å²) in [5.74, 6) is 0.736. The molecule has 0 spiro atoms. The number of ether oxygens (including phenoxy) is 1. The smallest absolute Gasteiger partial charge is 0.0815 e. The molecule has 1 aromatic carbocycles. The molecule has 1 heterocycles. The van der Waals surface area contributed by atoms with Crippen molar-refractivity contribution in [2.45, 2.75) is 44.2 Å². The molecule has 0 aromatic heterocycles. The minimum atomic E-state index is -0.589. The minimum Gasteiger partial charge on any atom is -0.388 e. The van der Waals surface area contributed by atoms with E-state index in [1.54, 1.807) is 0 Å². The summed E-state index contributed by atoms with van der Waals surface area (Å²) in [5.41, 5.74) is 2.15. The Bertz CT molecular complexity index is 450. The SMILES string of the molecule is Cc1ccccc1C(NCC1(O)CCOCC1)C1CC1. The molecule has 1 saturated carbocycles. The average Bonchev–Trinajstić information content (AvgIpc) is 3.26. The van der Waals surface area contributed by atoms with Gasteiger partial charge in [0.2, 0.25) is 0 Å². The van der Waals surface area contributed by atoms with Crippen LogP contribution in [0.5, 0.6) is 0 Å². The van der Waals surface area contributed by atoms with E-state index in [1.165, 1.54) is 24.0 Å². The molecule has 1 aliphatic heterocycles. The van der Waals surface area contributed by atoms with Crippen LogP contribution in [0.4, 0.5) is 0 Å². The number of aryl methyl sites for hydroxylation is 1. The van der Waals surface area contributed by atoms with Crippen LogP contribution in [-0.4, -0.2) is 30.5 Å². The second-order valence-corrected chi connectivity index (χ2v) is 6.39. The van der Waals surface area contributed by atoms with Crippen molar-refractivity contribution in [1.82, 2.24) is 5.32 Å². The lowest BCUT2D eigenvalue weighted by molar-refractivity contribution is -0.0631. The van der Waals surface area contributed by atoms with Crippen LogP contribution in [0.25, 0.3) is 0 Å². The van der Waals surface area contributed by atoms with Gasteiger partial charge in [-0.15, -0.1) is 0 Å². The quantitative estimate of drug-likeness (QED) is 0.868. The monoisotopic (exact) mass is 275 g/mol. The number of aliphatic hydroxyl groups is 1. The Balaban J connectivity index is 1.68. The highest BCUT2D eigenvalue weighted by Gasteiger charge is 2.36. The van der Waals surface area contributed by atoms with Crippen molar-refractivity contribution in [3.05, 3.63) is 35.4 Å². The normalized spacial score (nSPS) is 23.5. The van der Waals surface area contributed by atoms with Gasteiger partial charge in [-0.05, 0) is 36.8 Å². The molecule has 3 heteroatoms. The molecule has 2 fully saturated rings. The lowest BCUT2D eigenvalue weighted by Crippen LogP contribution is -2.46. The molecule has 2 N–H and O–H groups in total. The maximum atomic E-state index is 10.6. The van der Waals surface area contributed by atoms with Gasteiger partial charge in [-0.3, -0.25) is 0 Å². The molecule has 3 nitrogen and oxygen atoms in total. The van der Waals surface area contributed by atoms with Crippen molar-refractivity contribution in [2.24, 2.45) is 5.92 Å². The summed E-state index contributed by atoms with van der Waals surface area (Å²) in [6, 6.07) is 9.00. The molecule has 0 bridgehead atoms. The van der Waals surface area contributed by atoms with E-state index in [0.717, 1.165) is 18.8 Å². The fourth-order valence-corrected chi connectivity index (χ4v) is 3.12. The van der Waals surface area contributed by atoms with E-state index in [2.05, 4.69) is 36.5 Å². The third-order valence-corrected chi connectivity index (χ3v) is 4.69. The molecule has 110 valence electrons. The molecule has 2 aliphatic rings. The van der Waals surface area contributed by atoms with Gasteiger partial charge in [0.05, 0.1) is 5.60 Å². The van der Waals surface area contributed by atoms with E-state index in [9.17, 15) is 5.11 Å². The molecule has 3 rings (SSSR count). The fraction of sp³-hybridized carbons (Fsp3) is 0.647. The Morgan fingerprint density at radius 1 is 1.30 bits per heavy atom. The lowest BCUT2D eigenvalue weighted by Gasteiger charge is -2.34. The topological polar surface area (TPSA) is 41.5 Å². The Morgan fingerprint density at radius 2 is 2.00 bits per heavy atom. The van der Waals surface area contributed by atoms with Crippen molar-refractivity contribution in [2.75, 3.05) is 19.8 Å². The van der Waals surface area contributed by atoms with E-state index < -0.39 is 5.60 Å². The van der Waals surface area contributed by atoms with E-state index in [0.29, 0.717) is 25.8 Å². The third-order valence-electron chi connectivity index (χ3n) is 4.69. The molecular weight excluding hydrogens is 250 g/mol. The van der Waals surface area contributed by atoms with Crippen LogP contribution < -0.4 is 5.32 Å². The fourth-order valence-electron chi connectivity index (χ4n) is 3.12. The summed E-state index contributed by atoms with van der Waals surface area (Å²) in [5, 5.41) is 14.2. The number of hydrogen-bond donors (Lipinski definition) is 2. The predicted molar refractivity (Wildman–Crippen MR) is 79.6 cm³/mol. The summed E-state index contributed by atoms with van der Waals surface area (Å²) in [6.45, 7) is 4.20. The summed E-state index contributed by atoms with van der Waals surface area (Å²) in [7, 11) is 0. The van der Waals surface area contributed by atoms with Crippen LogP contribution in [-0.2, 0) is 4.74 Å². The van der Waals surface area contributed by atoms with Gasteiger partial charge in [0.25, 0.3) is 0 Å². The van der Waals surface area contributed by atoms with Crippen molar-refractivity contribution >= 4 is 0 Å². The zero-order valence-electron chi connectivity index (χ0n) is 12.3. The largest absolute Gasteiger partial charge is 0.388 e. The Kier molecular flexibility index (Phi) is 4.11. The van der Waals surface area contributed by atoms with Crippen LogP contribution in [0.3, 0.4) is 0 Å². The summed E-state index contributed by atoms with van der Waals surface area (Å²) >= 11 is 0. The van der Waals surface area contributed by atoms with Crippen LogP contribution in [0, 0.1) is 12.8 Å². The van der Waals surface area contributed by atoms with Gasteiger partial charge < -0.3 is 15.2 Å². The molecule has 1 saturated heterocycles. The number of hydrogen-bond acceptors (Lipinski definition) is 3. The van der Waals surface area contributed by atoms with Crippen LogP contribution >= 0.6 is 0 Å². The highest BCUT2D eigenvalue weighted by Crippen LogP contribution is 2.42. The second-order valence-electron chi connectivity index (χ2n) is 6.39. The summed E-state index contributed by atoms with van der Waals surface area (Å²) < 4.78 is 5.35. The van der Waals surface area contributed by atoms with Gasteiger partial charge in [0.1, 0.15) is 0 Å². The first kappa shape index (κ1) is 14.1. The zero-order chi connectivity index (χ0) is 14.0. The first-order valence-corrected chi connectivity index (χ1v) is 7.77. The van der Waals surface area contributed by atoms with Gasteiger partial charge in [-0.25, -0.2) is 0 Å². The summed E-state index contributed by atoms with van der Waals surface area (Å²) in [4.78, 5) is 0. The average molecular weight is 275 g/mol. The lowest BCUT2D eigenvalue weighted by atomic mass is 9.92. The maximum absolute atomic E-state index is 10.6. The van der Waals surface area contributed by atoms with Crippen LogP contribution in [0.15, 0.2) is 24.3 Å². The van der Waals surface area contributed by atoms with Gasteiger partial charge in [-0.2, -0.15) is 0 Å². The highest BCUT2D eigenvalue weighted by molar-refractivity contribution is 5.30. The van der Waals surface area contributed by atoms with Crippen molar-refractivity contribution in [3.8, 4) is 0 Å². The molecule has 0 radical (unpaired) electrons. The first-order chi connectivity index (χ1) is 9.68. The number of benzene rings is 1. The van der Waals surface area contributed by atoms with Gasteiger partial charge in [-0.1, -0.05) is 24.3 Å². The van der Waals surface area contributed by atoms with Crippen molar-refractivity contribution in [3.63, 3.8) is 0 Å². The number of rotatable bonds is 5.